The van der Waals surface area contributed by atoms with Gasteiger partial charge in [-0.2, -0.15) is 0 Å². The van der Waals surface area contributed by atoms with E-state index >= 15 is 0 Å². The fourth-order valence-electron chi connectivity index (χ4n) is 0.900. The van der Waals surface area contributed by atoms with Crippen molar-refractivity contribution in [3.8, 4) is 0 Å². The summed E-state index contributed by atoms with van der Waals surface area (Å²) in [7, 11) is 0. The third-order valence-electron chi connectivity index (χ3n) is 1.71. The lowest BCUT2D eigenvalue weighted by Gasteiger charge is -2.05. The molecule has 14 heavy (non-hydrogen) atoms. The summed E-state index contributed by atoms with van der Waals surface area (Å²) in [5.41, 5.74) is 0. The Morgan fingerprint density at radius 2 is 2.14 bits per heavy atom. The summed E-state index contributed by atoms with van der Waals surface area (Å²) in [5.74, 6) is 1.89. The van der Waals surface area contributed by atoms with Crippen molar-refractivity contribution < 1.29 is 0 Å². The Kier molecular flexibility index (Phi) is 5.49. The SMILES string of the molecule is CC(C)CCSc1ncc(Br)cc1Br. The summed E-state index contributed by atoms with van der Waals surface area (Å²) < 4.78 is 2.08. The second kappa shape index (κ2) is 6.13. The maximum Gasteiger partial charge on any atom is 0.110 e. The molecule has 0 aliphatic rings. The van der Waals surface area contributed by atoms with Crippen LogP contribution >= 0.6 is 43.6 Å². The molecule has 0 unspecified atom stereocenters. The van der Waals surface area contributed by atoms with Crippen LogP contribution in [0.25, 0.3) is 0 Å². The highest BCUT2D eigenvalue weighted by Gasteiger charge is 2.03. The average Bonchev–Trinajstić information content (AvgIpc) is 2.08. The summed E-state index contributed by atoms with van der Waals surface area (Å²) in [6.45, 7) is 4.48. The van der Waals surface area contributed by atoms with Gasteiger partial charge in [-0.3, -0.25) is 0 Å². The molecule has 0 aromatic carbocycles. The van der Waals surface area contributed by atoms with Gasteiger partial charge in [0.1, 0.15) is 5.03 Å². The standard InChI is InChI=1S/C10H13Br2NS/c1-7(2)3-4-14-10-9(12)5-8(11)6-13-10/h5-7H,3-4H2,1-2H3. The highest BCUT2D eigenvalue weighted by atomic mass is 79.9. The highest BCUT2D eigenvalue weighted by molar-refractivity contribution is 9.11. The topological polar surface area (TPSA) is 12.9 Å². The Balaban J connectivity index is 2.51. The molecule has 78 valence electrons. The van der Waals surface area contributed by atoms with E-state index in [9.17, 15) is 0 Å². The van der Waals surface area contributed by atoms with Crippen LogP contribution in [0.5, 0.6) is 0 Å². The fourth-order valence-corrected chi connectivity index (χ4v) is 3.34. The van der Waals surface area contributed by atoms with Crippen LogP contribution in [0, 0.1) is 5.92 Å². The second-order valence-electron chi connectivity index (χ2n) is 3.47. The van der Waals surface area contributed by atoms with E-state index in [2.05, 4.69) is 50.7 Å². The summed E-state index contributed by atoms with van der Waals surface area (Å²) in [6.07, 6.45) is 3.07. The number of pyridine rings is 1. The highest BCUT2D eigenvalue weighted by Crippen LogP contribution is 2.28. The molecule has 0 saturated carbocycles. The van der Waals surface area contributed by atoms with Crippen LogP contribution in [-0.2, 0) is 0 Å². The zero-order valence-electron chi connectivity index (χ0n) is 8.26. The van der Waals surface area contributed by atoms with Crippen molar-refractivity contribution in [2.24, 2.45) is 5.92 Å². The lowest BCUT2D eigenvalue weighted by Crippen LogP contribution is -1.90. The van der Waals surface area contributed by atoms with Crippen molar-refractivity contribution in [1.82, 2.24) is 4.98 Å². The number of aromatic nitrogens is 1. The average molecular weight is 339 g/mol. The zero-order chi connectivity index (χ0) is 10.6. The zero-order valence-corrected chi connectivity index (χ0v) is 12.2. The number of hydrogen-bond acceptors (Lipinski definition) is 2. The van der Waals surface area contributed by atoms with E-state index < -0.39 is 0 Å². The smallest absolute Gasteiger partial charge is 0.110 e. The Morgan fingerprint density at radius 1 is 1.43 bits per heavy atom. The largest absolute Gasteiger partial charge is 0.248 e. The number of thioether (sulfide) groups is 1. The molecule has 0 aliphatic carbocycles. The first-order chi connectivity index (χ1) is 6.59. The van der Waals surface area contributed by atoms with E-state index in [1.807, 2.05) is 12.3 Å². The molecule has 0 saturated heterocycles. The van der Waals surface area contributed by atoms with E-state index in [4.69, 9.17) is 0 Å². The first-order valence-corrected chi connectivity index (χ1v) is 7.10. The third kappa shape index (κ3) is 4.32. The minimum absolute atomic E-state index is 0.761. The van der Waals surface area contributed by atoms with Crippen molar-refractivity contribution >= 4 is 43.6 Å². The van der Waals surface area contributed by atoms with Crippen molar-refractivity contribution in [2.45, 2.75) is 25.3 Å². The molecule has 1 nitrogen and oxygen atoms in total. The number of halogens is 2. The van der Waals surface area contributed by atoms with Crippen LogP contribution in [0.15, 0.2) is 26.2 Å². The van der Waals surface area contributed by atoms with Crippen LogP contribution in [0.2, 0.25) is 0 Å². The van der Waals surface area contributed by atoms with Gasteiger partial charge in [0.25, 0.3) is 0 Å². The van der Waals surface area contributed by atoms with Crippen LogP contribution in [0.3, 0.4) is 0 Å². The lowest BCUT2D eigenvalue weighted by atomic mass is 10.2. The minimum atomic E-state index is 0.761. The van der Waals surface area contributed by atoms with Crippen molar-refractivity contribution in [3.63, 3.8) is 0 Å². The van der Waals surface area contributed by atoms with Crippen molar-refractivity contribution in [2.75, 3.05) is 5.75 Å². The van der Waals surface area contributed by atoms with Crippen LogP contribution in [0.1, 0.15) is 20.3 Å². The molecule has 1 rings (SSSR count). The van der Waals surface area contributed by atoms with Gasteiger partial charge in [0.2, 0.25) is 0 Å². The van der Waals surface area contributed by atoms with Crippen LogP contribution in [0.4, 0.5) is 0 Å². The van der Waals surface area contributed by atoms with Crippen molar-refractivity contribution in [1.29, 1.82) is 0 Å². The molecule has 0 bridgehead atoms. The number of nitrogens with zero attached hydrogens (tertiary/aromatic N) is 1. The molecule has 0 radical (unpaired) electrons. The Bertz CT molecular complexity index is 302. The predicted octanol–water partition coefficient (Wildman–Crippen LogP) is 4.74. The molecule has 1 heterocycles. The molecule has 0 spiro atoms. The lowest BCUT2D eigenvalue weighted by molar-refractivity contribution is 0.632. The number of hydrogen-bond donors (Lipinski definition) is 0. The van der Waals surface area contributed by atoms with Gasteiger partial charge < -0.3 is 0 Å². The quantitative estimate of drug-likeness (QED) is 0.735. The maximum atomic E-state index is 4.34. The molecule has 0 amide bonds. The molecule has 0 fully saturated rings. The Hall–Kier alpha value is 0.460. The third-order valence-corrected chi connectivity index (χ3v) is 4.05. The molecule has 0 aliphatic heterocycles. The van der Waals surface area contributed by atoms with E-state index in [0.717, 1.165) is 25.6 Å². The molecule has 4 heteroatoms. The molecule has 0 N–H and O–H groups in total. The van der Waals surface area contributed by atoms with Gasteiger partial charge in [-0.1, -0.05) is 13.8 Å². The molecule has 1 aromatic heterocycles. The van der Waals surface area contributed by atoms with E-state index in [1.54, 1.807) is 11.8 Å². The second-order valence-corrected chi connectivity index (χ2v) is 6.33. The monoisotopic (exact) mass is 337 g/mol. The van der Waals surface area contributed by atoms with Crippen LogP contribution < -0.4 is 0 Å². The number of rotatable bonds is 4. The van der Waals surface area contributed by atoms with Gasteiger partial charge in [-0.15, -0.1) is 11.8 Å². The van der Waals surface area contributed by atoms with Crippen LogP contribution in [-0.4, -0.2) is 10.7 Å². The minimum Gasteiger partial charge on any atom is -0.248 e. The van der Waals surface area contributed by atoms with Crippen molar-refractivity contribution in [3.05, 3.63) is 21.2 Å². The molecular formula is C10H13Br2NS. The Morgan fingerprint density at radius 3 is 2.71 bits per heavy atom. The predicted molar refractivity (Wildman–Crippen MR) is 69.8 cm³/mol. The van der Waals surface area contributed by atoms with Gasteiger partial charge in [-0.05, 0) is 56.0 Å². The summed E-state index contributed by atoms with van der Waals surface area (Å²) >= 11 is 8.69. The van der Waals surface area contributed by atoms with Gasteiger partial charge in [0, 0.05) is 10.7 Å². The summed E-state index contributed by atoms with van der Waals surface area (Å²) in [4.78, 5) is 4.34. The first kappa shape index (κ1) is 12.5. The molecule has 1 aromatic rings. The van der Waals surface area contributed by atoms with Gasteiger partial charge in [0.05, 0.1) is 4.47 Å². The normalized spacial score (nSPS) is 10.9. The molecular weight excluding hydrogens is 326 g/mol. The summed E-state index contributed by atoms with van der Waals surface area (Å²) in [6, 6.07) is 2.03. The fraction of sp³-hybridized carbons (Fsp3) is 0.500. The van der Waals surface area contributed by atoms with Gasteiger partial charge >= 0.3 is 0 Å². The molecule has 0 atom stereocenters. The van der Waals surface area contributed by atoms with Gasteiger partial charge in [-0.25, -0.2) is 4.98 Å². The van der Waals surface area contributed by atoms with E-state index in [0.29, 0.717) is 0 Å². The maximum absolute atomic E-state index is 4.34. The Labute approximate surface area is 106 Å². The van der Waals surface area contributed by atoms with E-state index in [1.165, 1.54) is 6.42 Å². The first-order valence-electron chi connectivity index (χ1n) is 4.53. The van der Waals surface area contributed by atoms with E-state index in [-0.39, 0.29) is 0 Å². The summed E-state index contributed by atoms with van der Waals surface area (Å²) in [5, 5.41) is 1.08. The van der Waals surface area contributed by atoms with Gasteiger partial charge in [0.15, 0.2) is 0 Å².